The van der Waals surface area contributed by atoms with Crippen LogP contribution in [0.4, 0.5) is 22.0 Å². The maximum absolute atomic E-state index is 12.6. The zero-order valence-electron chi connectivity index (χ0n) is 9.59. The number of alkyl halides is 5. The average molecular weight is 284 g/mol. The smallest absolute Gasteiger partial charge is 0.463 e. The number of hydrogen-bond donors (Lipinski definition) is 1. The number of amides is 1. The third-order valence-corrected chi connectivity index (χ3v) is 2.10. The molecule has 0 saturated heterocycles. The van der Waals surface area contributed by atoms with Crippen LogP contribution in [0.3, 0.4) is 0 Å². The van der Waals surface area contributed by atoms with E-state index in [2.05, 4.69) is 4.98 Å². The maximum atomic E-state index is 12.6. The van der Waals surface area contributed by atoms with Gasteiger partial charge in [0.2, 0.25) is 5.88 Å². The Bertz CT molecular complexity index is 461. The number of rotatable bonds is 4. The number of methoxy groups -OCH3 is 1. The molecule has 0 bridgehead atoms. The monoisotopic (exact) mass is 284 g/mol. The van der Waals surface area contributed by atoms with Crippen LogP contribution in [0, 0.1) is 0 Å². The third-order valence-electron chi connectivity index (χ3n) is 2.10. The van der Waals surface area contributed by atoms with Gasteiger partial charge >= 0.3 is 18.0 Å². The highest BCUT2D eigenvalue weighted by atomic mass is 19.4. The second kappa shape index (κ2) is 5.37. The highest BCUT2D eigenvalue weighted by molar-refractivity contribution is 5.84. The predicted molar refractivity (Wildman–Crippen MR) is 53.6 cm³/mol. The van der Waals surface area contributed by atoms with Crippen LogP contribution in [0.5, 0.6) is 5.88 Å². The van der Waals surface area contributed by atoms with Crippen LogP contribution >= 0.6 is 0 Å². The predicted octanol–water partition coefficient (Wildman–Crippen LogP) is 1.90. The lowest BCUT2D eigenvalue weighted by atomic mass is 10.2. The first kappa shape index (κ1) is 15.1. The normalized spacial score (nSPS) is 12.1. The first-order chi connectivity index (χ1) is 8.68. The lowest BCUT2D eigenvalue weighted by Crippen LogP contribution is -2.50. The molecule has 0 aliphatic heterocycles. The van der Waals surface area contributed by atoms with Gasteiger partial charge in [-0.2, -0.15) is 22.0 Å². The van der Waals surface area contributed by atoms with Gasteiger partial charge in [0.05, 0.1) is 7.11 Å². The summed E-state index contributed by atoms with van der Waals surface area (Å²) in [6, 6.07) is 2.64. The largest absolute Gasteiger partial charge is 0.481 e. The van der Waals surface area contributed by atoms with Gasteiger partial charge in [-0.3, -0.25) is 4.79 Å². The van der Waals surface area contributed by atoms with E-state index in [1.807, 2.05) is 0 Å². The molecule has 1 heterocycles. The minimum absolute atomic E-state index is 0.148. The molecule has 0 aliphatic rings. The Morgan fingerprint density at radius 1 is 1.37 bits per heavy atom. The SMILES string of the molecule is COc1cc(CNC(=O)C(F)(F)C(F)(F)F)ccn1. The molecule has 0 aliphatic carbocycles. The molecule has 1 N–H and O–H groups in total. The van der Waals surface area contributed by atoms with E-state index >= 15 is 0 Å². The number of aromatic nitrogens is 1. The van der Waals surface area contributed by atoms with Crippen molar-refractivity contribution in [3.63, 3.8) is 0 Å². The Morgan fingerprint density at radius 3 is 2.53 bits per heavy atom. The number of carbonyl (C=O) groups excluding carboxylic acids is 1. The molecular weight excluding hydrogens is 275 g/mol. The van der Waals surface area contributed by atoms with Gasteiger partial charge in [-0.25, -0.2) is 4.98 Å². The first-order valence-corrected chi connectivity index (χ1v) is 4.90. The summed E-state index contributed by atoms with van der Waals surface area (Å²) >= 11 is 0. The number of nitrogens with zero attached hydrogens (tertiary/aromatic N) is 1. The number of ether oxygens (including phenoxy) is 1. The quantitative estimate of drug-likeness (QED) is 0.859. The highest BCUT2D eigenvalue weighted by Gasteiger charge is 2.63. The minimum Gasteiger partial charge on any atom is -0.481 e. The van der Waals surface area contributed by atoms with Crippen molar-refractivity contribution in [2.24, 2.45) is 0 Å². The van der Waals surface area contributed by atoms with Gasteiger partial charge in [-0.15, -0.1) is 0 Å². The van der Waals surface area contributed by atoms with E-state index in [-0.39, 0.29) is 11.4 Å². The molecule has 1 amide bonds. The molecule has 0 saturated carbocycles. The molecule has 1 rings (SSSR count). The van der Waals surface area contributed by atoms with E-state index < -0.39 is 24.6 Å². The lowest BCUT2D eigenvalue weighted by molar-refractivity contribution is -0.269. The summed E-state index contributed by atoms with van der Waals surface area (Å²) in [5.41, 5.74) is 0.276. The zero-order valence-corrected chi connectivity index (χ0v) is 9.59. The van der Waals surface area contributed by atoms with Gasteiger partial charge in [-0.1, -0.05) is 0 Å². The Balaban J connectivity index is 2.69. The fourth-order valence-corrected chi connectivity index (χ4v) is 1.09. The van der Waals surface area contributed by atoms with Crippen molar-refractivity contribution in [1.29, 1.82) is 0 Å². The number of carbonyl (C=O) groups is 1. The van der Waals surface area contributed by atoms with Crippen molar-refractivity contribution < 1.29 is 31.5 Å². The van der Waals surface area contributed by atoms with E-state index in [1.165, 1.54) is 30.8 Å². The molecule has 0 spiro atoms. The average Bonchev–Trinajstić information content (AvgIpc) is 2.34. The molecule has 0 fully saturated rings. The van der Waals surface area contributed by atoms with Crippen LogP contribution in [0.2, 0.25) is 0 Å². The molecule has 0 aromatic carbocycles. The second-order valence-electron chi connectivity index (χ2n) is 3.46. The molecule has 1 aromatic heterocycles. The van der Waals surface area contributed by atoms with Gasteiger partial charge in [0, 0.05) is 18.8 Å². The summed E-state index contributed by atoms with van der Waals surface area (Å²) in [5.74, 6) is -7.69. The number of halogens is 5. The molecular formula is C10H9F5N2O2. The second-order valence-corrected chi connectivity index (χ2v) is 3.46. The molecule has 0 unspecified atom stereocenters. The summed E-state index contributed by atoms with van der Waals surface area (Å²) in [4.78, 5) is 14.5. The van der Waals surface area contributed by atoms with Crippen molar-refractivity contribution in [3.05, 3.63) is 23.9 Å². The molecule has 1 aromatic rings. The summed E-state index contributed by atoms with van der Waals surface area (Å²) in [7, 11) is 1.31. The fourth-order valence-electron chi connectivity index (χ4n) is 1.09. The maximum Gasteiger partial charge on any atom is 0.463 e. The van der Waals surface area contributed by atoms with Crippen LogP contribution in [-0.4, -0.2) is 30.1 Å². The van der Waals surface area contributed by atoms with Crippen LogP contribution in [0.1, 0.15) is 5.56 Å². The lowest BCUT2D eigenvalue weighted by Gasteiger charge is -2.18. The number of hydrogen-bond acceptors (Lipinski definition) is 3. The van der Waals surface area contributed by atoms with Gasteiger partial charge in [0.15, 0.2) is 0 Å². The Labute approximate surface area is 104 Å². The van der Waals surface area contributed by atoms with Crippen molar-refractivity contribution >= 4 is 5.91 Å². The third kappa shape index (κ3) is 3.52. The van der Waals surface area contributed by atoms with Gasteiger partial charge in [-0.05, 0) is 11.6 Å². The summed E-state index contributed by atoms with van der Waals surface area (Å²) in [6.45, 7) is -0.497. The Hall–Kier alpha value is -1.93. The van der Waals surface area contributed by atoms with Crippen molar-refractivity contribution in [1.82, 2.24) is 10.3 Å². The standard InChI is InChI=1S/C10H9F5N2O2/c1-19-7-4-6(2-3-16-7)5-17-8(18)9(11,12)10(13,14)15/h2-4H,5H2,1H3,(H,17,18). The molecule has 9 heteroatoms. The topological polar surface area (TPSA) is 51.2 Å². The first-order valence-electron chi connectivity index (χ1n) is 4.90. The van der Waals surface area contributed by atoms with Crippen LogP contribution in [-0.2, 0) is 11.3 Å². The highest BCUT2D eigenvalue weighted by Crippen LogP contribution is 2.35. The molecule has 0 radical (unpaired) electrons. The summed E-state index contributed by atoms with van der Waals surface area (Å²) in [5, 5.41) is 1.50. The van der Waals surface area contributed by atoms with Crippen LogP contribution in [0.15, 0.2) is 18.3 Å². The Kier molecular flexibility index (Phi) is 4.28. The zero-order chi connectivity index (χ0) is 14.7. The fraction of sp³-hybridized carbons (Fsp3) is 0.400. The van der Waals surface area contributed by atoms with Crippen LogP contribution < -0.4 is 10.1 Å². The van der Waals surface area contributed by atoms with Gasteiger partial charge in [0.25, 0.3) is 0 Å². The van der Waals surface area contributed by atoms with E-state index in [0.717, 1.165) is 0 Å². The minimum atomic E-state index is -5.92. The molecule has 0 atom stereocenters. The molecule has 106 valence electrons. The van der Waals surface area contributed by atoms with Crippen molar-refractivity contribution in [2.75, 3.05) is 7.11 Å². The number of pyridine rings is 1. The summed E-state index contributed by atoms with van der Waals surface area (Å²) in [6.07, 6.45) is -4.66. The van der Waals surface area contributed by atoms with Gasteiger partial charge < -0.3 is 10.1 Å². The van der Waals surface area contributed by atoms with E-state index in [1.54, 1.807) is 0 Å². The number of nitrogens with one attached hydrogen (secondary N) is 1. The molecule has 19 heavy (non-hydrogen) atoms. The Morgan fingerprint density at radius 2 is 2.00 bits per heavy atom. The van der Waals surface area contributed by atoms with Crippen LogP contribution in [0.25, 0.3) is 0 Å². The van der Waals surface area contributed by atoms with E-state index in [9.17, 15) is 26.7 Å². The van der Waals surface area contributed by atoms with E-state index in [4.69, 9.17) is 4.74 Å². The van der Waals surface area contributed by atoms with Crippen molar-refractivity contribution in [3.8, 4) is 5.88 Å². The summed E-state index contributed by atoms with van der Waals surface area (Å²) < 4.78 is 65.6. The van der Waals surface area contributed by atoms with Gasteiger partial charge in [0.1, 0.15) is 0 Å². The molecule has 4 nitrogen and oxygen atoms in total. The van der Waals surface area contributed by atoms with Crippen molar-refractivity contribution in [2.45, 2.75) is 18.6 Å². The van der Waals surface area contributed by atoms with E-state index in [0.29, 0.717) is 0 Å².